The number of hydrogen-bond donors (Lipinski definition) is 2. The van der Waals surface area contributed by atoms with Gasteiger partial charge in [-0.25, -0.2) is 4.98 Å². The maximum absolute atomic E-state index is 12.2. The van der Waals surface area contributed by atoms with E-state index in [1.807, 2.05) is 6.07 Å². The van der Waals surface area contributed by atoms with Crippen LogP contribution in [0.2, 0.25) is 10.0 Å². The van der Waals surface area contributed by atoms with E-state index < -0.39 is 0 Å². The topological polar surface area (TPSA) is 71.1 Å². The van der Waals surface area contributed by atoms with Crippen LogP contribution in [0.15, 0.2) is 54.0 Å². The van der Waals surface area contributed by atoms with E-state index in [9.17, 15) is 9.59 Å². The molecule has 1 aromatic heterocycles. The Labute approximate surface area is 180 Å². The van der Waals surface area contributed by atoms with Gasteiger partial charge in [-0.2, -0.15) is 0 Å². The van der Waals surface area contributed by atoms with E-state index in [-0.39, 0.29) is 17.6 Å². The average Bonchev–Trinajstić information content (AvgIpc) is 3.18. The zero-order valence-corrected chi connectivity index (χ0v) is 17.6. The fourth-order valence-corrected chi connectivity index (χ4v) is 3.90. The van der Waals surface area contributed by atoms with Crippen LogP contribution in [0.5, 0.6) is 0 Å². The minimum atomic E-state index is -0.278. The van der Waals surface area contributed by atoms with Gasteiger partial charge in [-0.05, 0) is 35.9 Å². The van der Waals surface area contributed by atoms with Gasteiger partial charge in [0.05, 0.1) is 15.8 Å². The van der Waals surface area contributed by atoms with E-state index in [0.29, 0.717) is 32.2 Å². The predicted octanol–water partition coefficient (Wildman–Crippen LogP) is 5.57. The minimum Gasteiger partial charge on any atom is -0.325 e. The molecule has 0 atom stereocenters. The lowest BCUT2D eigenvalue weighted by Gasteiger charge is -2.08. The third-order valence-corrected chi connectivity index (χ3v) is 5.98. The molecule has 28 heavy (non-hydrogen) atoms. The van der Waals surface area contributed by atoms with Crippen molar-refractivity contribution >= 4 is 68.9 Å². The van der Waals surface area contributed by atoms with Crippen molar-refractivity contribution in [3.05, 3.63) is 75.2 Å². The van der Waals surface area contributed by atoms with E-state index in [1.165, 1.54) is 23.1 Å². The number of thioether (sulfide) groups is 1. The highest BCUT2D eigenvalue weighted by Gasteiger charge is 2.10. The molecule has 144 valence electrons. The zero-order valence-electron chi connectivity index (χ0n) is 14.4. The van der Waals surface area contributed by atoms with Crippen LogP contribution in [0, 0.1) is 0 Å². The number of hydrogen-bond acceptors (Lipinski definition) is 5. The van der Waals surface area contributed by atoms with Gasteiger partial charge in [0.1, 0.15) is 0 Å². The standard InChI is InChI=1S/C19H15Cl2N3O2S2/c20-15-5-4-12(8-16(15)21)10-27-11-17(25)23-14-3-1-2-13(9-14)18(26)24-19-22-6-7-28-19/h1-9H,10-11H2,(H,23,25)(H,22,24,26). The molecule has 0 bridgehead atoms. The minimum absolute atomic E-state index is 0.150. The molecule has 0 radical (unpaired) electrons. The molecule has 0 fully saturated rings. The second-order valence-corrected chi connectivity index (χ2v) is 8.36. The molecule has 5 nitrogen and oxygen atoms in total. The maximum atomic E-state index is 12.2. The number of thiazole rings is 1. The third kappa shape index (κ3) is 5.97. The smallest absolute Gasteiger partial charge is 0.257 e. The van der Waals surface area contributed by atoms with Crippen molar-refractivity contribution < 1.29 is 9.59 Å². The molecule has 0 unspecified atom stereocenters. The molecule has 2 aromatic carbocycles. The number of halogens is 2. The van der Waals surface area contributed by atoms with Gasteiger partial charge < -0.3 is 5.32 Å². The normalized spacial score (nSPS) is 10.5. The molecule has 0 aliphatic carbocycles. The van der Waals surface area contributed by atoms with Crippen molar-refractivity contribution in [3.63, 3.8) is 0 Å². The van der Waals surface area contributed by atoms with E-state index in [4.69, 9.17) is 23.2 Å². The molecule has 0 spiro atoms. The molecular weight excluding hydrogens is 437 g/mol. The van der Waals surface area contributed by atoms with E-state index in [2.05, 4.69) is 15.6 Å². The highest BCUT2D eigenvalue weighted by atomic mass is 35.5. The van der Waals surface area contributed by atoms with Gasteiger partial charge in [0.2, 0.25) is 5.91 Å². The summed E-state index contributed by atoms with van der Waals surface area (Å²) in [7, 11) is 0. The molecule has 3 aromatic rings. The van der Waals surface area contributed by atoms with Gasteiger partial charge in [-0.1, -0.05) is 35.3 Å². The predicted molar refractivity (Wildman–Crippen MR) is 118 cm³/mol. The van der Waals surface area contributed by atoms with Gasteiger partial charge >= 0.3 is 0 Å². The summed E-state index contributed by atoms with van der Waals surface area (Å²) in [5.74, 6) is 0.485. The fourth-order valence-electron chi connectivity index (χ4n) is 2.28. The molecule has 1 heterocycles. The average molecular weight is 452 g/mol. The molecule has 0 saturated heterocycles. The molecule has 0 saturated carbocycles. The number of nitrogens with zero attached hydrogens (tertiary/aromatic N) is 1. The number of benzene rings is 2. The summed E-state index contributed by atoms with van der Waals surface area (Å²) in [5.41, 5.74) is 2.00. The first-order chi connectivity index (χ1) is 13.5. The summed E-state index contributed by atoms with van der Waals surface area (Å²) < 4.78 is 0. The number of amides is 2. The van der Waals surface area contributed by atoms with Gasteiger partial charge in [-0.15, -0.1) is 23.1 Å². The third-order valence-electron chi connectivity index (χ3n) is 3.55. The molecule has 0 aliphatic rings. The van der Waals surface area contributed by atoms with Gasteiger partial charge in [0.15, 0.2) is 5.13 Å². The van der Waals surface area contributed by atoms with E-state index in [0.717, 1.165) is 5.56 Å². The number of anilines is 2. The van der Waals surface area contributed by atoms with Crippen LogP contribution in [0.1, 0.15) is 15.9 Å². The van der Waals surface area contributed by atoms with Crippen molar-refractivity contribution in [1.29, 1.82) is 0 Å². The number of nitrogens with one attached hydrogen (secondary N) is 2. The van der Waals surface area contributed by atoms with Crippen LogP contribution in [0.3, 0.4) is 0 Å². The van der Waals surface area contributed by atoms with Crippen LogP contribution in [0.25, 0.3) is 0 Å². The van der Waals surface area contributed by atoms with Crippen molar-refractivity contribution in [2.24, 2.45) is 0 Å². The summed E-state index contributed by atoms with van der Waals surface area (Å²) in [6.07, 6.45) is 1.62. The molecule has 9 heteroatoms. The van der Waals surface area contributed by atoms with Crippen LogP contribution in [0.4, 0.5) is 10.8 Å². The zero-order chi connectivity index (χ0) is 19.9. The van der Waals surface area contributed by atoms with Gasteiger partial charge in [0.25, 0.3) is 5.91 Å². The van der Waals surface area contributed by atoms with Crippen molar-refractivity contribution in [3.8, 4) is 0 Å². The quantitative estimate of drug-likeness (QED) is 0.492. The van der Waals surface area contributed by atoms with E-state index >= 15 is 0 Å². The summed E-state index contributed by atoms with van der Waals surface area (Å²) in [4.78, 5) is 28.4. The summed E-state index contributed by atoms with van der Waals surface area (Å²) in [6, 6.07) is 12.2. The highest BCUT2D eigenvalue weighted by molar-refractivity contribution is 7.99. The van der Waals surface area contributed by atoms with E-state index in [1.54, 1.807) is 48.0 Å². The first-order valence-corrected chi connectivity index (χ1v) is 10.9. The number of carbonyl (C=O) groups is 2. The van der Waals surface area contributed by atoms with Crippen LogP contribution >= 0.6 is 46.3 Å². The lowest BCUT2D eigenvalue weighted by atomic mass is 10.2. The number of carbonyl (C=O) groups excluding carboxylic acids is 2. The van der Waals surface area contributed by atoms with Crippen molar-refractivity contribution in [2.75, 3.05) is 16.4 Å². The summed E-state index contributed by atoms with van der Waals surface area (Å²) >= 11 is 14.7. The Balaban J connectivity index is 1.51. The Morgan fingerprint density at radius 1 is 1.07 bits per heavy atom. The Morgan fingerprint density at radius 3 is 2.68 bits per heavy atom. The Bertz CT molecular complexity index is 981. The second-order valence-electron chi connectivity index (χ2n) is 5.66. The number of aromatic nitrogens is 1. The molecule has 0 aliphatic heterocycles. The lowest BCUT2D eigenvalue weighted by molar-refractivity contribution is -0.113. The first-order valence-electron chi connectivity index (χ1n) is 8.14. The summed E-state index contributed by atoms with van der Waals surface area (Å²) in [5, 5.41) is 8.82. The van der Waals surface area contributed by atoms with Crippen LogP contribution in [-0.4, -0.2) is 22.6 Å². The lowest BCUT2D eigenvalue weighted by Crippen LogP contribution is -2.16. The van der Waals surface area contributed by atoms with Gasteiger partial charge in [0, 0.05) is 28.6 Å². The molecule has 3 rings (SSSR count). The molecule has 2 N–H and O–H groups in total. The SMILES string of the molecule is O=C(CSCc1ccc(Cl)c(Cl)c1)Nc1cccc(C(=O)Nc2nccs2)c1. The molecule has 2 amide bonds. The maximum Gasteiger partial charge on any atom is 0.257 e. The van der Waals surface area contributed by atoms with Crippen molar-refractivity contribution in [2.45, 2.75) is 5.75 Å². The monoisotopic (exact) mass is 451 g/mol. The Hall–Kier alpha value is -2.06. The largest absolute Gasteiger partial charge is 0.325 e. The molecular formula is C19H15Cl2N3O2S2. The van der Waals surface area contributed by atoms with Crippen LogP contribution < -0.4 is 10.6 Å². The van der Waals surface area contributed by atoms with Crippen LogP contribution in [-0.2, 0) is 10.5 Å². The Kier molecular flexibility index (Phi) is 7.33. The van der Waals surface area contributed by atoms with Crippen molar-refractivity contribution in [1.82, 2.24) is 4.98 Å². The second kappa shape index (κ2) is 9.93. The Morgan fingerprint density at radius 2 is 1.93 bits per heavy atom. The van der Waals surface area contributed by atoms with Gasteiger partial charge in [-0.3, -0.25) is 14.9 Å². The summed E-state index contributed by atoms with van der Waals surface area (Å²) in [6.45, 7) is 0. The number of rotatable bonds is 7. The first kappa shape index (κ1) is 20.7. The fraction of sp³-hybridized carbons (Fsp3) is 0.105. The highest BCUT2D eigenvalue weighted by Crippen LogP contribution is 2.24.